The summed E-state index contributed by atoms with van der Waals surface area (Å²) in [6, 6.07) is 5.54. The Morgan fingerprint density at radius 2 is 1.74 bits per heavy atom. The van der Waals surface area contributed by atoms with E-state index in [-0.39, 0.29) is 43.3 Å². The number of nitrogens with zero attached hydrogens (tertiary/aromatic N) is 2. The van der Waals surface area contributed by atoms with Crippen LogP contribution in [0.1, 0.15) is 64.4 Å². The molecule has 0 atom stereocenters. The Labute approximate surface area is 197 Å². The Kier molecular flexibility index (Phi) is 10.5. The molecule has 0 fully saturated rings. The van der Waals surface area contributed by atoms with Crippen LogP contribution in [0, 0.1) is 5.82 Å². The van der Waals surface area contributed by atoms with Crippen LogP contribution in [0.25, 0.3) is 0 Å². The summed E-state index contributed by atoms with van der Waals surface area (Å²) in [6.45, 7) is 4.48. The Bertz CT molecular complexity index is 1080. The molecule has 1 aromatic carbocycles. The second-order valence-electron chi connectivity index (χ2n) is 8.04. The molecular weight excluding hydrogens is 443 g/mol. The van der Waals surface area contributed by atoms with E-state index in [1.54, 1.807) is 0 Å². The maximum atomic E-state index is 13.0. The van der Waals surface area contributed by atoms with Crippen molar-refractivity contribution in [2.24, 2.45) is 0 Å². The van der Waals surface area contributed by atoms with Crippen molar-refractivity contribution < 1.29 is 18.7 Å². The average molecular weight is 477 g/mol. The molecule has 0 spiro atoms. The van der Waals surface area contributed by atoms with Gasteiger partial charge in [0.25, 0.3) is 5.56 Å². The third kappa shape index (κ3) is 7.57. The molecule has 10 heteroatoms. The van der Waals surface area contributed by atoms with E-state index in [0.29, 0.717) is 24.9 Å². The molecule has 0 aliphatic heterocycles. The lowest BCUT2D eigenvalue weighted by atomic mass is 10.2. The minimum absolute atomic E-state index is 0.0392. The molecule has 9 nitrogen and oxygen atoms in total. The first kappa shape index (κ1) is 26.8. The minimum Gasteiger partial charge on any atom is -0.461 e. The molecule has 1 amide bonds. The number of hydrogen-bond donors (Lipinski definition) is 2. The monoisotopic (exact) mass is 476 g/mol. The molecule has 34 heavy (non-hydrogen) atoms. The zero-order chi connectivity index (χ0) is 25.1. The number of ether oxygens (including phenoxy) is 1. The number of benzene rings is 1. The van der Waals surface area contributed by atoms with Gasteiger partial charge in [0.2, 0.25) is 5.91 Å². The highest BCUT2D eigenvalue weighted by molar-refractivity contribution is 5.96. The van der Waals surface area contributed by atoms with Crippen LogP contribution < -0.4 is 21.9 Å². The molecule has 0 aliphatic carbocycles. The number of aromatic amines is 1. The predicted octanol–water partition coefficient (Wildman–Crippen LogP) is 3.10. The first-order valence-corrected chi connectivity index (χ1v) is 11.6. The van der Waals surface area contributed by atoms with Gasteiger partial charge in [-0.05, 0) is 30.5 Å². The number of H-pyrrole nitrogens is 1. The molecule has 2 rings (SSSR count). The summed E-state index contributed by atoms with van der Waals surface area (Å²) in [5.74, 6) is -1.52. The number of carbonyl (C=O) groups excluding carboxylic acids is 2. The highest BCUT2D eigenvalue weighted by Gasteiger charge is 2.24. The predicted molar refractivity (Wildman–Crippen MR) is 128 cm³/mol. The highest BCUT2D eigenvalue weighted by Crippen LogP contribution is 2.20. The van der Waals surface area contributed by atoms with Crippen molar-refractivity contribution >= 4 is 23.4 Å². The van der Waals surface area contributed by atoms with Crippen LogP contribution in [0.2, 0.25) is 0 Å². The average Bonchev–Trinajstić information content (AvgIpc) is 2.81. The Morgan fingerprint density at radius 3 is 2.38 bits per heavy atom. The minimum atomic E-state index is -0.737. The molecule has 0 unspecified atom stereocenters. The second-order valence-corrected chi connectivity index (χ2v) is 8.04. The van der Waals surface area contributed by atoms with Crippen LogP contribution in [-0.4, -0.2) is 28.0 Å². The summed E-state index contributed by atoms with van der Waals surface area (Å²) in [7, 11) is 0. The number of unbranched alkanes of at least 4 members (excludes halogenated alkanes) is 3. The van der Waals surface area contributed by atoms with Gasteiger partial charge < -0.3 is 15.4 Å². The topological polar surface area (TPSA) is 127 Å². The molecule has 2 aromatic rings. The van der Waals surface area contributed by atoms with Gasteiger partial charge in [0.05, 0.1) is 6.42 Å². The van der Waals surface area contributed by atoms with Gasteiger partial charge in [0, 0.05) is 19.5 Å². The van der Waals surface area contributed by atoms with Crippen LogP contribution in [0.5, 0.6) is 0 Å². The molecule has 0 bridgehead atoms. The van der Waals surface area contributed by atoms with Gasteiger partial charge in [-0.15, -0.1) is 0 Å². The number of amides is 1. The van der Waals surface area contributed by atoms with Crippen molar-refractivity contribution in [3.63, 3.8) is 0 Å². The van der Waals surface area contributed by atoms with E-state index in [9.17, 15) is 23.6 Å². The number of carbonyl (C=O) groups is 2. The standard InChI is InChI=1S/C24H33FN4O5/c1-3-5-7-15-28(21-22(26)29(14-6-4-2)24(33)27-23(21)32)19(30)12-13-20(31)34-16-17-8-10-18(25)11-9-17/h8-11H,3-7,12-16,26H2,1-2H3,(H,27,32,33). The van der Waals surface area contributed by atoms with Gasteiger partial charge in [-0.25, -0.2) is 9.18 Å². The fourth-order valence-corrected chi connectivity index (χ4v) is 3.42. The van der Waals surface area contributed by atoms with Crippen LogP contribution in [-0.2, 0) is 27.5 Å². The molecule has 186 valence electrons. The zero-order valence-electron chi connectivity index (χ0n) is 19.8. The maximum absolute atomic E-state index is 13.0. The third-order valence-corrected chi connectivity index (χ3v) is 5.36. The van der Waals surface area contributed by atoms with E-state index >= 15 is 0 Å². The lowest BCUT2D eigenvalue weighted by Gasteiger charge is -2.24. The number of aromatic nitrogens is 2. The van der Waals surface area contributed by atoms with Crippen LogP contribution in [0.3, 0.4) is 0 Å². The molecule has 3 N–H and O–H groups in total. The fourth-order valence-electron chi connectivity index (χ4n) is 3.42. The quantitative estimate of drug-likeness (QED) is 0.338. The van der Waals surface area contributed by atoms with Gasteiger partial charge in [-0.1, -0.05) is 45.2 Å². The van der Waals surface area contributed by atoms with Crippen molar-refractivity contribution in [1.82, 2.24) is 9.55 Å². The molecule has 1 heterocycles. The second kappa shape index (κ2) is 13.3. The zero-order valence-corrected chi connectivity index (χ0v) is 19.8. The third-order valence-electron chi connectivity index (χ3n) is 5.36. The smallest absolute Gasteiger partial charge is 0.330 e. The number of rotatable bonds is 13. The number of nitrogen functional groups attached to an aromatic ring is 1. The summed E-state index contributed by atoms with van der Waals surface area (Å²) in [5.41, 5.74) is 5.37. The summed E-state index contributed by atoms with van der Waals surface area (Å²) in [5, 5.41) is 0. The number of halogens is 1. The summed E-state index contributed by atoms with van der Waals surface area (Å²) in [6.07, 6.45) is 3.47. The van der Waals surface area contributed by atoms with Gasteiger partial charge in [-0.3, -0.25) is 23.9 Å². The summed E-state index contributed by atoms with van der Waals surface area (Å²) >= 11 is 0. The first-order valence-electron chi connectivity index (χ1n) is 11.6. The van der Waals surface area contributed by atoms with Gasteiger partial charge in [0.15, 0.2) is 5.69 Å². The fraction of sp³-hybridized carbons (Fsp3) is 0.500. The number of hydrogen-bond acceptors (Lipinski definition) is 6. The van der Waals surface area contributed by atoms with E-state index < -0.39 is 23.1 Å². The number of nitrogens with two attached hydrogens (primary N) is 1. The number of anilines is 2. The van der Waals surface area contributed by atoms with Gasteiger partial charge in [-0.2, -0.15) is 0 Å². The van der Waals surface area contributed by atoms with Gasteiger partial charge in [0.1, 0.15) is 18.2 Å². The van der Waals surface area contributed by atoms with E-state index in [1.807, 2.05) is 13.8 Å². The largest absolute Gasteiger partial charge is 0.461 e. The van der Waals surface area contributed by atoms with Crippen molar-refractivity contribution in [1.29, 1.82) is 0 Å². The lowest BCUT2D eigenvalue weighted by Crippen LogP contribution is -2.41. The van der Waals surface area contributed by atoms with E-state index in [2.05, 4.69) is 4.98 Å². The van der Waals surface area contributed by atoms with Crippen molar-refractivity contribution in [2.75, 3.05) is 17.2 Å². The molecule has 0 radical (unpaired) electrons. The number of esters is 1. The summed E-state index contributed by atoms with van der Waals surface area (Å²) < 4.78 is 19.4. The first-order chi connectivity index (χ1) is 16.3. The SMILES string of the molecule is CCCCCN(C(=O)CCC(=O)OCc1ccc(F)cc1)c1c(N)n(CCCC)c(=O)[nH]c1=O. The molecule has 1 aromatic heterocycles. The molecule has 0 saturated carbocycles. The molecular formula is C24H33FN4O5. The lowest BCUT2D eigenvalue weighted by molar-refractivity contribution is -0.146. The summed E-state index contributed by atoms with van der Waals surface area (Å²) in [4.78, 5) is 53.6. The highest BCUT2D eigenvalue weighted by atomic mass is 19.1. The van der Waals surface area contributed by atoms with E-state index in [0.717, 1.165) is 19.3 Å². The van der Waals surface area contributed by atoms with Crippen LogP contribution >= 0.6 is 0 Å². The Hall–Kier alpha value is -3.43. The normalized spacial score (nSPS) is 10.8. The van der Waals surface area contributed by atoms with Crippen molar-refractivity contribution in [3.05, 3.63) is 56.5 Å². The molecule has 0 aliphatic rings. The van der Waals surface area contributed by atoms with Gasteiger partial charge >= 0.3 is 11.7 Å². The van der Waals surface area contributed by atoms with Crippen molar-refractivity contribution in [2.45, 2.75) is 71.9 Å². The van der Waals surface area contributed by atoms with E-state index in [4.69, 9.17) is 10.5 Å². The van der Waals surface area contributed by atoms with E-state index in [1.165, 1.54) is 33.7 Å². The maximum Gasteiger partial charge on any atom is 0.330 e. The molecule has 0 saturated heterocycles. The number of nitrogens with one attached hydrogen (secondary N) is 1. The Morgan fingerprint density at radius 1 is 1.06 bits per heavy atom. The van der Waals surface area contributed by atoms with Crippen molar-refractivity contribution in [3.8, 4) is 0 Å². The van der Waals surface area contributed by atoms with Crippen LogP contribution in [0.4, 0.5) is 15.9 Å². The van der Waals surface area contributed by atoms with Crippen LogP contribution in [0.15, 0.2) is 33.9 Å². The Balaban J connectivity index is 2.14.